The number of nitrogens with zero attached hydrogens (tertiary/aromatic N) is 3. The molecule has 3 rings (SSSR count). The Kier molecular flexibility index (Phi) is 3.96. The minimum absolute atomic E-state index is 0.720. The highest BCUT2D eigenvalue weighted by Crippen LogP contribution is 2.31. The molecule has 3 aromatic rings. The Labute approximate surface area is 131 Å². The molecule has 0 aliphatic carbocycles. The summed E-state index contributed by atoms with van der Waals surface area (Å²) in [5, 5.41) is 8.71. The molecule has 6 heteroatoms. The van der Waals surface area contributed by atoms with E-state index in [1.54, 1.807) is 6.20 Å². The third-order valence-corrected chi connectivity index (χ3v) is 3.82. The maximum atomic E-state index is 4.29. The zero-order valence-corrected chi connectivity index (χ0v) is 13.1. The van der Waals surface area contributed by atoms with E-state index in [0.29, 0.717) is 0 Å². The third-order valence-electron chi connectivity index (χ3n) is 3.07. The Hall–Kier alpha value is -2.21. The van der Waals surface area contributed by atoms with Gasteiger partial charge in [0.25, 0.3) is 0 Å². The Morgan fingerprint density at radius 1 is 1.14 bits per heavy atom. The molecule has 0 saturated carbocycles. The smallest absolute Gasteiger partial charge is 0.150 e. The van der Waals surface area contributed by atoms with Crippen LogP contribution < -0.4 is 10.6 Å². The molecule has 0 aliphatic rings. The quantitative estimate of drug-likeness (QED) is 0.750. The van der Waals surface area contributed by atoms with Crippen molar-refractivity contribution in [1.29, 1.82) is 0 Å². The number of anilines is 3. The molecule has 21 heavy (non-hydrogen) atoms. The van der Waals surface area contributed by atoms with Crippen molar-refractivity contribution < 1.29 is 0 Å². The molecule has 1 aromatic carbocycles. The summed E-state index contributed by atoms with van der Waals surface area (Å²) in [4.78, 5) is 12.7. The normalized spacial score (nSPS) is 10.6. The van der Waals surface area contributed by atoms with E-state index in [1.165, 1.54) is 6.33 Å². The lowest BCUT2D eigenvalue weighted by Gasteiger charge is -2.12. The SMILES string of the molecule is CCNc1ncnc(Nc2cccc3ccncc23)c1Br. The standard InChI is InChI=1S/C15H14BrN5/c1-2-18-14-13(16)15(20-9-19-14)21-12-5-3-4-10-6-7-17-8-11(10)12/h3-9H,2H2,1H3,(H2,18,19,20,21). The first-order chi connectivity index (χ1) is 10.3. The lowest BCUT2D eigenvalue weighted by molar-refractivity contribution is 1.10. The van der Waals surface area contributed by atoms with Crippen molar-refractivity contribution in [3.8, 4) is 0 Å². The van der Waals surface area contributed by atoms with Gasteiger partial charge >= 0.3 is 0 Å². The number of hydrogen-bond donors (Lipinski definition) is 2. The molecule has 0 saturated heterocycles. The molecule has 0 radical (unpaired) electrons. The van der Waals surface area contributed by atoms with Crippen molar-refractivity contribution in [1.82, 2.24) is 15.0 Å². The van der Waals surface area contributed by atoms with Gasteiger partial charge < -0.3 is 10.6 Å². The van der Waals surface area contributed by atoms with Crippen LogP contribution >= 0.6 is 15.9 Å². The van der Waals surface area contributed by atoms with Gasteiger partial charge in [-0.25, -0.2) is 9.97 Å². The van der Waals surface area contributed by atoms with Crippen LogP contribution in [-0.4, -0.2) is 21.5 Å². The summed E-state index contributed by atoms with van der Waals surface area (Å²) < 4.78 is 0.813. The molecule has 0 unspecified atom stereocenters. The number of pyridine rings is 1. The molecular formula is C15H14BrN5. The summed E-state index contributed by atoms with van der Waals surface area (Å²) in [5.74, 6) is 1.49. The van der Waals surface area contributed by atoms with Gasteiger partial charge in [-0.05, 0) is 40.4 Å². The molecule has 2 heterocycles. The number of benzene rings is 1. The van der Waals surface area contributed by atoms with Crippen LogP contribution in [-0.2, 0) is 0 Å². The zero-order chi connectivity index (χ0) is 14.7. The fourth-order valence-electron chi connectivity index (χ4n) is 2.10. The van der Waals surface area contributed by atoms with Crippen LogP contribution in [0.5, 0.6) is 0 Å². The average molecular weight is 344 g/mol. The van der Waals surface area contributed by atoms with Crippen LogP contribution in [0.4, 0.5) is 17.3 Å². The maximum Gasteiger partial charge on any atom is 0.150 e. The molecule has 2 N–H and O–H groups in total. The summed E-state index contributed by atoms with van der Waals surface area (Å²) in [6, 6.07) is 8.05. The van der Waals surface area contributed by atoms with Crippen molar-refractivity contribution in [3.05, 3.63) is 47.5 Å². The fourth-order valence-corrected chi connectivity index (χ4v) is 2.54. The monoisotopic (exact) mass is 343 g/mol. The van der Waals surface area contributed by atoms with Crippen LogP contribution in [0.3, 0.4) is 0 Å². The fraction of sp³-hybridized carbons (Fsp3) is 0.133. The van der Waals surface area contributed by atoms with Crippen LogP contribution in [0.25, 0.3) is 10.8 Å². The van der Waals surface area contributed by atoms with Gasteiger partial charge in [-0.3, -0.25) is 4.98 Å². The second-order valence-corrected chi connectivity index (χ2v) is 5.24. The van der Waals surface area contributed by atoms with Crippen LogP contribution in [0, 0.1) is 0 Å². The number of rotatable bonds is 4. The van der Waals surface area contributed by atoms with Gasteiger partial charge in [0, 0.05) is 30.0 Å². The Morgan fingerprint density at radius 2 is 2.00 bits per heavy atom. The molecule has 0 atom stereocenters. The molecule has 106 valence electrons. The molecule has 0 spiro atoms. The van der Waals surface area contributed by atoms with E-state index in [0.717, 1.165) is 39.1 Å². The molecule has 0 aliphatic heterocycles. The summed E-state index contributed by atoms with van der Waals surface area (Å²) in [5.41, 5.74) is 0.961. The molecular weight excluding hydrogens is 330 g/mol. The summed E-state index contributed by atoms with van der Waals surface area (Å²) >= 11 is 3.54. The second kappa shape index (κ2) is 6.05. The highest BCUT2D eigenvalue weighted by Gasteiger charge is 2.09. The van der Waals surface area contributed by atoms with E-state index >= 15 is 0 Å². The summed E-state index contributed by atoms with van der Waals surface area (Å²) in [6.45, 7) is 2.82. The van der Waals surface area contributed by atoms with Crippen molar-refractivity contribution in [2.75, 3.05) is 17.2 Å². The van der Waals surface area contributed by atoms with E-state index in [2.05, 4.69) is 47.6 Å². The number of nitrogens with one attached hydrogen (secondary N) is 2. The number of aromatic nitrogens is 3. The van der Waals surface area contributed by atoms with Gasteiger partial charge in [0.15, 0.2) is 0 Å². The van der Waals surface area contributed by atoms with Gasteiger partial charge in [0.2, 0.25) is 0 Å². The van der Waals surface area contributed by atoms with Crippen molar-refractivity contribution in [3.63, 3.8) is 0 Å². The van der Waals surface area contributed by atoms with Crippen LogP contribution in [0.2, 0.25) is 0 Å². The number of halogens is 1. The van der Waals surface area contributed by atoms with Gasteiger partial charge in [-0.1, -0.05) is 12.1 Å². The summed E-state index contributed by atoms with van der Waals surface area (Å²) in [7, 11) is 0. The zero-order valence-electron chi connectivity index (χ0n) is 11.5. The van der Waals surface area contributed by atoms with Gasteiger partial charge in [0.05, 0.1) is 0 Å². The van der Waals surface area contributed by atoms with Crippen LogP contribution in [0.15, 0.2) is 47.5 Å². The van der Waals surface area contributed by atoms with E-state index in [1.807, 2.05) is 31.3 Å². The Morgan fingerprint density at radius 3 is 2.86 bits per heavy atom. The van der Waals surface area contributed by atoms with E-state index in [-0.39, 0.29) is 0 Å². The van der Waals surface area contributed by atoms with Crippen LogP contribution in [0.1, 0.15) is 6.92 Å². The van der Waals surface area contributed by atoms with Gasteiger partial charge in [-0.15, -0.1) is 0 Å². The number of hydrogen-bond acceptors (Lipinski definition) is 5. The second-order valence-electron chi connectivity index (χ2n) is 4.44. The predicted octanol–water partition coefficient (Wildman–Crippen LogP) is 3.96. The Balaban J connectivity index is 2.01. The highest BCUT2D eigenvalue weighted by atomic mass is 79.9. The van der Waals surface area contributed by atoms with Crippen molar-refractivity contribution in [2.24, 2.45) is 0 Å². The van der Waals surface area contributed by atoms with Crippen molar-refractivity contribution in [2.45, 2.75) is 6.92 Å². The summed E-state index contributed by atoms with van der Waals surface area (Å²) in [6.07, 6.45) is 5.17. The predicted molar refractivity (Wildman–Crippen MR) is 88.9 cm³/mol. The maximum absolute atomic E-state index is 4.29. The van der Waals surface area contributed by atoms with Gasteiger partial charge in [-0.2, -0.15) is 0 Å². The average Bonchev–Trinajstić information content (AvgIpc) is 2.52. The molecule has 0 fully saturated rings. The van der Waals surface area contributed by atoms with E-state index < -0.39 is 0 Å². The Bertz CT molecular complexity index is 770. The topological polar surface area (TPSA) is 62.7 Å². The molecule has 0 amide bonds. The first-order valence-corrected chi connectivity index (χ1v) is 7.43. The minimum Gasteiger partial charge on any atom is -0.369 e. The minimum atomic E-state index is 0.720. The number of fused-ring (bicyclic) bond motifs is 1. The van der Waals surface area contributed by atoms with Crippen molar-refractivity contribution >= 4 is 44.0 Å². The van der Waals surface area contributed by atoms with E-state index in [4.69, 9.17) is 0 Å². The highest BCUT2D eigenvalue weighted by molar-refractivity contribution is 9.10. The molecule has 0 bridgehead atoms. The first kappa shape index (κ1) is 13.8. The van der Waals surface area contributed by atoms with E-state index in [9.17, 15) is 0 Å². The molecule has 2 aromatic heterocycles. The van der Waals surface area contributed by atoms with Gasteiger partial charge in [0.1, 0.15) is 22.4 Å². The molecule has 5 nitrogen and oxygen atoms in total. The largest absolute Gasteiger partial charge is 0.369 e. The third kappa shape index (κ3) is 2.80. The first-order valence-electron chi connectivity index (χ1n) is 6.63. The lowest BCUT2D eigenvalue weighted by Crippen LogP contribution is -2.04. The lowest BCUT2D eigenvalue weighted by atomic mass is 10.1.